The minimum atomic E-state index is -0.0343. The van der Waals surface area contributed by atoms with E-state index in [1.54, 1.807) is 6.20 Å². The average molecular weight is 287 g/mol. The molecule has 21 heavy (non-hydrogen) atoms. The molecule has 0 atom stereocenters. The first kappa shape index (κ1) is 15.6. The van der Waals surface area contributed by atoms with Crippen LogP contribution in [0.25, 0.3) is 6.08 Å². The van der Waals surface area contributed by atoms with Crippen molar-refractivity contribution in [1.29, 1.82) is 0 Å². The number of likely N-dealkylation sites (tertiary alicyclic amines) is 1. The molecule has 1 N–H and O–H groups in total. The van der Waals surface area contributed by atoms with Crippen molar-refractivity contribution in [3.8, 4) is 0 Å². The number of benzene rings is 1. The van der Waals surface area contributed by atoms with E-state index in [9.17, 15) is 4.79 Å². The summed E-state index contributed by atoms with van der Waals surface area (Å²) in [7, 11) is 4.01. The van der Waals surface area contributed by atoms with Crippen molar-refractivity contribution >= 4 is 12.1 Å². The second-order valence-corrected chi connectivity index (χ2v) is 5.84. The Kier molecular flexibility index (Phi) is 5.39. The molecule has 1 aliphatic heterocycles. The predicted molar refractivity (Wildman–Crippen MR) is 87.0 cm³/mol. The van der Waals surface area contributed by atoms with Gasteiger partial charge in [0.2, 0.25) is 0 Å². The first-order valence-corrected chi connectivity index (χ1v) is 7.51. The Morgan fingerprint density at radius 2 is 1.90 bits per heavy atom. The third-order valence-corrected chi connectivity index (χ3v) is 4.12. The lowest BCUT2D eigenvalue weighted by molar-refractivity contribution is 0.150. The lowest BCUT2D eigenvalue weighted by Crippen LogP contribution is -2.47. The highest BCUT2D eigenvalue weighted by molar-refractivity contribution is 5.76. The van der Waals surface area contributed by atoms with Gasteiger partial charge in [-0.1, -0.05) is 29.8 Å². The first-order chi connectivity index (χ1) is 10.1. The number of hydrogen-bond donors (Lipinski definition) is 1. The topological polar surface area (TPSA) is 35.6 Å². The molecule has 0 saturated carbocycles. The third-order valence-electron chi connectivity index (χ3n) is 4.12. The van der Waals surface area contributed by atoms with Crippen LogP contribution in [-0.2, 0) is 0 Å². The molecule has 0 unspecified atom stereocenters. The molecule has 1 heterocycles. The summed E-state index contributed by atoms with van der Waals surface area (Å²) in [6.07, 6.45) is 5.72. The molecule has 0 aliphatic carbocycles. The fraction of sp³-hybridized carbons (Fsp3) is 0.471. The molecule has 4 heteroatoms. The van der Waals surface area contributed by atoms with E-state index in [1.807, 2.05) is 30.2 Å². The summed E-state index contributed by atoms with van der Waals surface area (Å²) in [5.74, 6) is 0. The predicted octanol–water partition coefficient (Wildman–Crippen LogP) is 2.70. The first-order valence-electron chi connectivity index (χ1n) is 7.51. The Hall–Kier alpha value is -1.81. The monoisotopic (exact) mass is 287 g/mol. The van der Waals surface area contributed by atoms with Gasteiger partial charge < -0.3 is 15.1 Å². The zero-order valence-electron chi connectivity index (χ0n) is 13.2. The van der Waals surface area contributed by atoms with Crippen LogP contribution in [0, 0.1) is 6.92 Å². The molecule has 0 radical (unpaired) electrons. The molecule has 0 spiro atoms. The van der Waals surface area contributed by atoms with E-state index < -0.39 is 0 Å². The van der Waals surface area contributed by atoms with Gasteiger partial charge in [-0.3, -0.25) is 0 Å². The quantitative estimate of drug-likeness (QED) is 0.928. The standard InChI is InChI=1S/C17H25N3O/c1-14-4-6-15(7-5-14)8-11-18-17(21)20(3)16-9-12-19(2)13-10-16/h4-8,11,16H,9-10,12-13H2,1-3H3,(H,18,21)/b11-8+. The van der Waals surface area contributed by atoms with Crippen LogP contribution in [0.1, 0.15) is 24.0 Å². The van der Waals surface area contributed by atoms with Crippen LogP contribution in [0.2, 0.25) is 0 Å². The van der Waals surface area contributed by atoms with E-state index in [4.69, 9.17) is 0 Å². The van der Waals surface area contributed by atoms with Gasteiger partial charge in [-0.15, -0.1) is 0 Å². The van der Waals surface area contributed by atoms with Crippen molar-refractivity contribution in [3.63, 3.8) is 0 Å². The number of piperidine rings is 1. The van der Waals surface area contributed by atoms with E-state index >= 15 is 0 Å². The minimum absolute atomic E-state index is 0.0343. The van der Waals surface area contributed by atoms with E-state index in [0.29, 0.717) is 6.04 Å². The highest BCUT2D eigenvalue weighted by atomic mass is 16.2. The molecule has 1 aliphatic rings. The van der Waals surface area contributed by atoms with E-state index in [2.05, 4.69) is 36.3 Å². The second kappa shape index (κ2) is 7.27. The summed E-state index contributed by atoms with van der Waals surface area (Å²) in [4.78, 5) is 16.2. The Bertz CT molecular complexity index is 487. The number of urea groups is 1. The molecule has 0 bridgehead atoms. The van der Waals surface area contributed by atoms with Crippen LogP contribution < -0.4 is 5.32 Å². The van der Waals surface area contributed by atoms with Crippen LogP contribution in [-0.4, -0.2) is 49.1 Å². The highest BCUT2D eigenvalue weighted by Crippen LogP contribution is 2.14. The number of amides is 2. The zero-order valence-corrected chi connectivity index (χ0v) is 13.2. The molecule has 1 aromatic rings. The molecule has 2 amide bonds. The molecular weight excluding hydrogens is 262 g/mol. The van der Waals surface area contributed by atoms with Crippen molar-refractivity contribution in [2.75, 3.05) is 27.2 Å². The van der Waals surface area contributed by atoms with Gasteiger partial charge in [0.25, 0.3) is 0 Å². The molecule has 1 aromatic carbocycles. The summed E-state index contributed by atoms with van der Waals surface area (Å²) in [5, 5.41) is 2.85. The Morgan fingerprint density at radius 1 is 1.29 bits per heavy atom. The van der Waals surface area contributed by atoms with Crippen molar-refractivity contribution in [1.82, 2.24) is 15.1 Å². The van der Waals surface area contributed by atoms with Crippen molar-refractivity contribution in [2.24, 2.45) is 0 Å². The SMILES string of the molecule is Cc1ccc(/C=C/NC(=O)N(C)C2CCN(C)CC2)cc1. The average Bonchev–Trinajstić information content (AvgIpc) is 2.49. The number of nitrogens with one attached hydrogen (secondary N) is 1. The number of carbonyl (C=O) groups is 1. The lowest BCUT2D eigenvalue weighted by Gasteiger charge is -2.34. The number of aryl methyl sites for hydroxylation is 1. The molecule has 4 nitrogen and oxygen atoms in total. The van der Waals surface area contributed by atoms with Crippen LogP contribution in [0.4, 0.5) is 4.79 Å². The van der Waals surface area contributed by atoms with Gasteiger partial charge in [-0.2, -0.15) is 0 Å². The number of hydrogen-bond acceptors (Lipinski definition) is 2. The largest absolute Gasteiger partial charge is 0.325 e. The molecule has 0 aromatic heterocycles. The maximum Gasteiger partial charge on any atom is 0.321 e. The summed E-state index contributed by atoms with van der Waals surface area (Å²) in [5.41, 5.74) is 2.32. The summed E-state index contributed by atoms with van der Waals surface area (Å²) in [6, 6.07) is 8.51. The second-order valence-electron chi connectivity index (χ2n) is 5.84. The van der Waals surface area contributed by atoms with Gasteiger partial charge in [-0.25, -0.2) is 4.79 Å². The molecule has 2 rings (SSSR count). The van der Waals surface area contributed by atoms with Gasteiger partial charge in [0.1, 0.15) is 0 Å². The fourth-order valence-corrected chi connectivity index (χ4v) is 2.54. The Morgan fingerprint density at radius 3 is 2.52 bits per heavy atom. The molecule has 1 saturated heterocycles. The number of rotatable bonds is 3. The van der Waals surface area contributed by atoms with Crippen LogP contribution in [0.5, 0.6) is 0 Å². The van der Waals surface area contributed by atoms with Crippen molar-refractivity contribution in [2.45, 2.75) is 25.8 Å². The molecule has 1 fully saturated rings. The summed E-state index contributed by atoms with van der Waals surface area (Å²) >= 11 is 0. The van der Waals surface area contributed by atoms with Crippen molar-refractivity contribution < 1.29 is 4.79 Å². The number of nitrogens with zero attached hydrogens (tertiary/aromatic N) is 2. The third kappa shape index (κ3) is 4.60. The minimum Gasteiger partial charge on any atom is -0.325 e. The summed E-state index contributed by atoms with van der Waals surface area (Å²) < 4.78 is 0. The zero-order chi connectivity index (χ0) is 15.2. The van der Waals surface area contributed by atoms with E-state index in [0.717, 1.165) is 31.5 Å². The van der Waals surface area contributed by atoms with Gasteiger partial charge in [0.15, 0.2) is 0 Å². The normalized spacial score (nSPS) is 17.1. The van der Waals surface area contributed by atoms with E-state index in [-0.39, 0.29) is 6.03 Å². The van der Waals surface area contributed by atoms with Gasteiger partial charge in [0.05, 0.1) is 0 Å². The highest BCUT2D eigenvalue weighted by Gasteiger charge is 2.23. The fourth-order valence-electron chi connectivity index (χ4n) is 2.54. The molecular formula is C17H25N3O. The smallest absolute Gasteiger partial charge is 0.321 e. The van der Waals surface area contributed by atoms with Crippen LogP contribution in [0.3, 0.4) is 0 Å². The van der Waals surface area contributed by atoms with Crippen molar-refractivity contribution in [3.05, 3.63) is 41.6 Å². The molecule has 114 valence electrons. The maximum absolute atomic E-state index is 12.1. The van der Waals surface area contributed by atoms with Crippen LogP contribution in [0.15, 0.2) is 30.5 Å². The lowest BCUT2D eigenvalue weighted by atomic mass is 10.0. The van der Waals surface area contributed by atoms with Gasteiger partial charge in [0, 0.05) is 19.3 Å². The maximum atomic E-state index is 12.1. The Labute approximate surface area is 127 Å². The van der Waals surface area contributed by atoms with E-state index in [1.165, 1.54) is 5.56 Å². The van der Waals surface area contributed by atoms with Gasteiger partial charge in [-0.05, 0) is 51.5 Å². The van der Waals surface area contributed by atoms with Crippen LogP contribution >= 0.6 is 0 Å². The summed E-state index contributed by atoms with van der Waals surface area (Å²) in [6.45, 7) is 4.18. The number of carbonyl (C=O) groups excluding carboxylic acids is 1. The van der Waals surface area contributed by atoms with Gasteiger partial charge >= 0.3 is 6.03 Å². The Balaban J connectivity index is 1.82.